The van der Waals surface area contributed by atoms with Gasteiger partial charge in [0.15, 0.2) is 5.13 Å². The number of anilines is 1. The quantitative estimate of drug-likeness (QED) is 0.787. The Morgan fingerprint density at radius 1 is 1.35 bits per heavy atom. The standard InChI is InChI=1S/C13H22F3N3S/c1-4-6-17-10(3)11-8-18-12(20-11)19(7-5-2)9-13(14,15)16/h8,10,17H,4-7,9H2,1-3H3. The average molecular weight is 309 g/mol. The van der Waals surface area contributed by atoms with Crippen LogP contribution in [-0.2, 0) is 0 Å². The van der Waals surface area contributed by atoms with Crippen molar-refractivity contribution >= 4 is 16.5 Å². The summed E-state index contributed by atoms with van der Waals surface area (Å²) in [4.78, 5) is 6.43. The molecule has 1 atom stereocenters. The summed E-state index contributed by atoms with van der Waals surface area (Å²) in [5.41, 5.74) is 0. The molecular formula is C13H22F3N3S. The molecule has 0 saturated heterocycles. The maximum absolute atomic E-state index is 12.6. The van der Waals surface area contributed by atoms with E-state index >= 15 is 0 Å². The Morgan fingerprint density at radius 2 is 2.05 bits per heavy atom. The molecule has 7 heteroatoms. The van der Waals surface area contributed by atoms with E-state index in [1.807, 2.05) is 13.8 Å². The zero-order chi connectivity index (χ0) is 15.2. The molecule has 0 aliphatic carbocycles. The van der Waals surface area contributed by atoms with Crippen LogP contribution in [0.15, 0.2) is 6.20 Å². The molecule has 1 aromatic rings. The van der Waals surface area contributed by atoms with Crippen molar-refractivity contribution in [2.75, 3.05) is 24.5 Å². The third-order valence-corrected chi connectivity index (χ3v) is 4.01. The minimum absolute atomic E-state index is 0.121. The van der Waals surface area contributed by atoms with Crippen molar-refractivity contribution in [3.63, 3.8) is 0 Å². The van der Waals surface area contributed by atoms with E-state index in [0.29, 0.717) is 18.1 Å². The number of hydrogen-bond acceptors (Lipinski definition) is 4. The van der Waals surface area contributed by atoms with Gasteiger partial charge in [-0.15, -0.1) is 11.3 Å². The van der Waals surface area contributed by atoms with Crippen LogP contribution in [0.5, 0.6) is 0 Å². The summed E-state index contributed by atoms with van der Waals surface area (Å²) in [6, 6.07) is 0.121. The number of rotatable bonds is 8. The zero-order valence-electron chi connectivity index (χ0n) is 12.1. The smallest absolute Gasteiger partial charge is 0.339 e. The van der Waals surface area contributed by atoms with Crippen molar-refractivity contribution in [2.24, 2.45) is 0 Å². The van der Waals surface area contributed by atoms with Gasteiger partial charge in [0.1, 0.15) is 6.54 Å². The molecule has 0 fully saturated rings. The minimum atomic E-state index is -4.20. The van der Waals surface area contributed by atoms with Gasteiger partial charge in [0.2, 0.25) is 0 Å². The van der Waals surface area contributed by atoms with E-state index in [4.69, 9.17) is 0 Å². The van der Waals surface area contributed by atoms with Crippen LogP contribution >= 0.6 is 11.3 Å². The van der Waals surface area contributed by atoms with Crippen LogP contribution in [0.3, 0.4) is 0 Å². The lowest BCUT2D eigenvalue weighted by atomic mass is 10.3. The largest absolute Gasteiger partial charge is 0.406 e. The van der Waals surface area contributed by atoms with Gasteiger partial charge in [-0.1, -0.05) is 13.8 Å². The normalized spacial score (nSPS) is 13.5. The lowest BCUT2D eigenvalue weighted by Gasteiger charge is -2.22. The van der Waals surface area contributed by atoms with Crippen molar-refractivity contribution in [1.82, 2.24) is 10.3 Å². The summed E-state index contributed by atoms with van der Waals surface area (Å²) in [6.07, 6.45) is -0.847. The van der Waals surface area contributed by atoms with E-state index in [1.54, 1.807) is 6.20 Å². The molecule has 0 aliphatic heterocycles. The molecule has 0 bridgehead atoms. The fraction of sp³-hybridized carbons (Fsp3) is 0.769. The van der Waals surface area contributed by atoms with Crippen molar-refractivity contribution in [3.05, 3.63) is 11.1 Å². The van der Waals surface area contributed by atoms with Gasteiger partial charge >= 0.3 is 6.18 Å². The van der Waals surface area contributed by atoms with Gasteiger partial charge < -0.3 is 10.2 Å². The van der Waals surface area contributed by atoms with E-state index < -0.39 is 12.7 Å². The fourth-order valence-corrected chi connectivity index (χ4v) is 2.78. The van der Waals surface area contributed by atoms with E-state index in [2.05, 4.69) is 17.2 Å². The molecule has 1 rings (SSSR count). The first-order chi connectivity index (χ1) is 9.37. The zero-order valence-corrected chi connectivity index (χ0v) is 12.9. The highest BCUT2D eigenvalue weighted by Gasteiger charge is 2.31. The Balaban J connectivity index is 2.75. The van der Waals surface area contributed by atoms with Gasteiger partial charge in [-0.05, 0) is 26.3 Å². The fourth-order valence-electron chi connectivity index (χ4n) is 1.81. The monoisotopic (exact) mass is 309 g/mol. The summed E-state index contributed by atoms with van der Waals surface area (Å²) in [7, 11) is 0. The molecule has 0 amide bonds. The summed E-state index contributed by atoms with van der Waals surface area (Å²) in [5.74, 6) is 0. The minimum Gasteiger partial charge on any atom is -0.339 e. The van der Waals surface area contributed by atoms with Crippen molar-refractivity contribution in [3.8, 4) is 0 Å². The molecule has 1 unspecified atom stereocenters. The summed E-state index contributed by atoms with van der Waals surface area (Å²) in [6.45, 7) is 6.25. The second-order valence-electron chi connectivity index (χ2n) is 4.76. The number of thiazole rings is 1. The van der Waals surface area contributed by atoms with Crippen LogP contribution < -0.4 is 10.2 Å². The lowest BCUT2D eigenvalue weighted by molar-refractivity contribution is -0.119. The Hall–Kier alpha value is -0.820. The first-order valence-corrected chi connectivity index (χ1v) is 7.69. The third-order valence-electron chi connectivity index (χ3n) is 2.77. The number of nitrogens with one attached hydrogen (secondary N) is 1. The van der Waals surface area contributed by atoms with E-state index in [9.17, 15) is 13.2 Å². The summed E-state index contributed by atoms with van der Waals surface area (Å²) >= 11 is 1.33. The van der Waals surface area contributed by atoms with E-state index in [1.165, 1.54) is 16.2 Å². The highest BCUT2D eigenvalue weighted by atomic mass is 32.1. The highest BCUT2D eigenvalue weighted by molar-refractivity contribution is 7.15. The van der Waals surface area contributed by atoms with Gasteiger partial charge in [0, 0.05) is 23.7 Å². The van der Waals surface area contributed by atoms with Gasteiger partial charge in [-0.25, -0.2) is 4.98 Å². The molecule has 0 saturated carbocycles. The summed E-state index contributed by atoms with van der Waals surface area (Å²) in [5, 5.41) is 3.76. The maximum Gasteiger partial charge on any atom is 0.406 e. The molecule has 0 spiro atoms. The molecule has 0 aliphatic rings. The first kappa shape index (κ1) is 17.2. The predicted molar refractivity (Wildman–Crippen MR) is 77.4 cm³/mol. The molecule has 0 aromatic carbocycles. The number of nitrogens with zero attached hydrogens (tertiary/aromatic N) is 2. The van der Waals surface area contributed by atoms with E-state index in [-0.39, 0.29) is 6.04 Å². The van der Waals surface area contributed by atoms with Crippen LogP contribution in [0.2, 0.25) is 0 Å². The molecular weight excluding hydrogens is 287 g/mol. The molecule has 1 aromatic heterocycles. The molecule has 1 N–H and O–H groups in total. The second kappa shape index (κ2) is 7.83. The highest BCUT2D eigenvalue weighted by Crippen LogP contribution is 2.29. The molecule has 1 heterocycles. The van der Waals surface area contributed by atoms with Crippen molar-refractivity contribution < 1.29 is 13.2 Å². The van der Waals surface area contributed by atoms with E-state index in [0.717, 1.165) is 17.8 Å². The molecule has 116 valence electrons. The van der Waals surface area contributed by atoms with Crippen molar-refractivity contribution in [2.45, 2.75) is 45.8 Å². The van der Waals surface area contributed by atoms with Crippen LogP contribution in [0, 0.1) is 0 Å². The lowest BCUT2D eigenvalue weighted by Crippen LogP contribution is -2.34. The van der Waals surface area contributed by atoms with Crippen LogP contribution in [0.25, 0.3) is 0 Å². The number of alkyl halides is 3. The Morgan fingerprint density at radius 3 is 2.60 bits per heavy atom. The number of halogens is 3. The topological polar surface area (TPSA) is 28.2 Å². The van der Waals surface area contributed by atoms with Crippen molar-refractivity contribution in [1.29, 1.82) is 0 Å². The van der Waals surface area contributed by atoms with Gasteiger partial charge in [0.25, 0.3) is 0 Å². The average Bonchev–Trinajstić information content (AvgIpc) is 2.83. The molecule has 3 nitrogen and oxygen atoms in total. The maximum atomic E-state index is 12.6. The summed E-state index contributed by atoms with van der Waals surface area (Å²) < 4.78 is 37.7. The van der Waals surface area contributed by atoms with Crippen LogP contribution in [0.4, 0.5) is 18.3 Å². The third kappa shape index (κ3) is 5.66. The van der Waals surface area contributed by atoms with Gasteiger partial charge in [-0.3, -0.25) is 0 Å². The van der Waals surface area contributed by atoms with Gasteiger partial charge in [-0.2, -0.15) is 13.2 Å². The SMILES string of the molecule is CCCNC(C)c1cnc(N(CCC)CC(F)(F)F)s1. The molecule has 0 radical (unpaired) electrons. The Bertz CT molecular complexity index is 392. The molecule has 20 heavy (non-hydrogen) atoms. The van der Waals surface area contributed by atoms with Crippen LogP contribution in [-0.4, -0.2) is 30.8 Å². The number of hydrogen-bond donors (Lipinski definition) is 1. The first-order valence-electron chi connectivity index (χ1n) is 6.88. The Kier molecular flexibility index (Phi) is 6.75. The second-order valence-corrected chi connectivity index (χ2v) is 5.80. The predicted octanol–water partition coefficient (Wildman–Crippen LogP) is 3.98. The number of aromatic nitrogens is 1. The van der Waals surface area contributed by atoms with Gasteiger partial charge in [0.05, 0.1) is 0 Å². The van der Waals surface area contributed by atoms with Crippen LogP contribution in [0.1, 0.15) is 44.5 Å². The Labute approximate surface area is 122 Å².